The maximum Gasteiger partial charge on any atom is 0.317 e. The maximum absolute atomic E-state index is 12.0. The number of rotatable bonds is 1. The lowest BCUT2D eigenvalue weighted by atomic mass is 10.4. The average Bonchev–Trinajstić information content (AvgIpc) is 2.95. The van der Waals surface area contributed by atoms with Gasteiger partial charge in [-0.2, -0.15) is 4.98 Å². The summed E-state index contributed by atoms with van der Waals surface area (Å²) in [6.07, 6.45) is 0.940. The van der Waals surface area contributed by atoms with Crippen LogP contribution < -0.4 is 0 Å². The normalized spacial score (nSPS) is 19.7. The van der Waals surface area contributed by atoms with Gasteiger partial charge in [-0.15, -0.1) is 5.10 Å². The molecule has 2 aromatic rings. The van der Waals surface area contributed by atoms with Crippen LogP contribution in [0.4, 0.5) is 0 Å². The second-order valence-electron chi connectivity index (χ2n) is 4.05. The smallest absolute Gasteiger partial charge is 0.317 e. The molecule has 18 heavy (non-hydrogen) atoms. The van der Waals surface area contributed by atoms with Gasteiger partial charge in [0.2, 0.25) is 5.82 Å². The van der Waals surface area contributed by atoms with E-state index in [1.165, 1.54) is 4.52 Å². The minimum absolute atomic E-state index is 0.00546. The Balaban J connectivity index is 1.95. The number of aryl methyl sites for hydroxylation is 1. The zero-order valence-electron chi connectivity index (χ0n) is 9.65. The minimum atomic E-state index is -0.661. The van der Waals surface area contributed by atoms with Crippen LogP contribution >= 0.6 is 0 Å². The fourth-order valence-electron chi connectivity index (χ4n) is 1.72. The van der Waals surface area contributed by atoms with Crippen LogP contribution in [0.1, 0.15) is 16.3 Å². The van der Waals surface area contributed by atoms with E-state index in [4.69, 9.17) is 4.84 Å². The summed E-state index contributed by atoms with van der Waals surface area (Å²) in [7, 11) is 0. The van der Waals surface area contributed by atoms with Crippen molar-refractivity contribution in [3.05, 3.63) is 23.8 Å². The van der Waals surface area contributed by atoms with Gasteiger partial charge < -0.3 is 5.11 Å². The van der Waals surface area contributed by atoms with Gasteiger partial charge in [-0.25, -0.2) is 14.6 Å². The summed E-state index contributed by atoms with van der Waals surface area (Å²) in [6.45, 7) is 2.07. The van der Waals surface area contributed by atoms with Crippen LogP contribution in [0, 0.1) is 6.92 Å². The number of carbonyl (C=O) groups excluding carboxylic acids is 1. The molecule has 1 atom stereocenters. The number of hydrogen-bond donors (Lipinski definition) is 1. The molecule has 94 valence electrons. The Morgan fingerprint density at radius 1 is 1.61 bits per heavy atom. The molecule has 1 amide bonds. The summed E-state index contributed by atoms with van der Waals surface area (Å²) in [5.41, 5.74) is 0.828. The van der Waals surface area contributed by atoms with Gasteiger partial charge in [0, 0.05) is 11.9 Å². The molecule has 8 nitrogen and oxygen atoms in total. The topological polar surface area (TPSA) is 92.9 Å². The van der Waals surface area contributed by atoms with E-state index < -0.39 is 12.0 Å². The van der Waals surface area contributed by atoms with E-state index in [-0.39, 0.29) is 19.0 Å². The van der Waals surface area contributed by atoms with E-state index in [2.05, 4.69) is 15.1 Å². The third kappa shape index (κ3) is 1.71. The summed E-state index contributed by atoms with van der Waals surface area (Å²) >= 11 is 0. The zero-order chi connectivity index (χ0) is 12.7. The number of carbonyl (C=O) groups is 1. The molecule has 3 heterocycles. The third-order valence-corrected chi connectivity index (χ3v) is 2.65. The van der Waals surface area contributed by atoms with Crippen molar-refractivity contribution in [3.8, 4) is 0 Å². The molecule has 0 spiro atoms. The van der Waals surface area contributed by atoms with E-state index in [9.17, 15) is 9.90 Å². The molecule has 0 bridgehead atoms. The van der Waals surface area contributed by atoms with Crippen LogP contribution in [0.3, 0.4) is 0 Å². The number of hydrogen-bond acceptors (Lipinski definition) is 6. The Bertz CT molecular complexity index is 611. The van der Waals surface area contributed by atoms with E-state index in [1.807, 2.05) is 6.92 Å². The Morgan fingerprint density at radius 3 is 3.11 bits per heavy atom. The summed E-state index contributed by atoms with van der Waals surface area (Å²) in [5, 5.41) is 14.4. The first-order valence-corrected chi connectivity index (χ1v) is 5.46. The zero-order valence-corrected chi connectivity index (χ0v) is 9.65. The van der Waals surface area contributed by atoms with Crippen molar-refractivity contribution in [2.24, 2.45) is 0 Å². The molecule has 2 aromatic heterocycles. The maximum atomic E-state index is 12.0. The summed E-state index contributed by atoms with van der Waals surface area (Å²) in [6, 6.07) is 1.77. The molecule has 1 saturated heterocycles. The second-order valence-corrected chi connectivity index (χ2v) is 4.05. The Hall–Kier alpha value is -2.06. The third-order valence-electron chi connectivity index (χ3n) is 2.65. The number of aliphatic hydroxyl groups excluding tert-OH is 1. The molecular formula is C10H11N5O3. The van der Waals surface area contributed by atoms with Gasteiger partial charge in [-0.3, -0.25) is 9.63 Å². The monoisotopic (exact) mass is 249 g/mol. The summed E-state index contributed by atoms with van der Waals surface area (Å²) in [5.74, 6) is -0.111. The van der Waals surface area contributed by atoms with E-state index in [1.54, 1.807) is 12.3 Å². The van der Waals surface area contributed by atoms with Crippen molar-refractivity contribution in [2.75, 3.05) is 13.2 Å². The predicted octanol–water partition coefficient (Wildman–Crippen LogP) is -0.819. The molecule has 0 aromatic carbocycles. The van der Waals surface area contributed by atoms with Crippen LogP contribution in [0.5, 0.6) is 0 Å². The number of aliphatic hydroxyl groups is 1. The first kappa shape index (κ1) is 11.1. The Morgan fingerprint density at radius 2 is 2.44 bits per heavy atom. The van der Waals surface area contributed by atoms with Gasteiger partial charge >= 0.3 is 5.91 Å². The molecule has 1 fully saturated rings. The summed E-state index contributed by atoms with van der Waals surface area (Å²) < 4.78 is 1.49. The first-order chi connectivity index (χ1) is 8.65. The van der Waals surface area contributed by atoms with Gasteiger partial charge in [0.1, 0.15) is 12.7 Å². The predicted molar refractivity (Wildman–Crippen MR) is 58.5 cm³/mol. The molecule has 1 N–H and O–H groups in total. The van der Waals surface area contributed by atoms with Crippen LogP contribution in [-0.2, 0) is 4.84 Å². The highest BCUT2D eigenvalue weighted by Crippen LogP contribution is 2.10. The van der Waals surface area contributed by atoms with Crippen LogP contribution in [-0.4, -0.2) is 54.9 Å². The molecular weight excluding hydrogens is 238 g/mol. The number of β-amino-alcohol motifs (C(OH)–C–C–N with tert-alkyl or cyclic N) is 1. The van der Waals surface area contributed by atoms with Gasteiger partial charge in [-0.1, -0.05) is 0 Å². The Labute approximate surface area is 102 Å². The fourth-order valence-corrected chi connectivity index (χ4v) is 1.72. The highest BCUT2D eigenvalue weighted by Gasteiger charge is 2.29. The molecule has 0 saturated carbocycles. The number of amides is 1. The van der Waals surface area contributed by atoms with Gasteiger partial charge in [0.15, 0.2) is 0 Å². The van der Waals surface area contributed by atoms with Crippen molar-refractivity contribution in [1.29, 1.82) is 0 Å². The number of aromatic nitrogens is 4. The highest BCUT2D eigenvalue weighted by molar-refractivity contribution is 5.90. The molecule has 0 radical (unpaired) electrons. The van der Waals surface area contributed by atoms with Crippen molar-refractivity contribution in [2.45, 2.75) is 13.0 Å². The lowest BCUT2D eigenvalue weighted by molar-refractivity contribution is -0.0786. The molecule has 0 aliphatic carbocycles. The van der Waals surface area contributed by atoms with E-state index in [0.717, 1.165) is 10.8 Å². The first-order valence-electron chi connectivity index (χ1n) is 5.46. The quantitative estimate of drug-likeness (QED) is 0.710. The van der Waals surface area contributed by atoms with Crippen LogP contribution in [0.15, 0.2) is 12.3 Å². The Kier molecular flexibility index (Phi) is 2.46. The molecule has 3 rings (SSSR count). The lowest BCUT2D eigenvalue weighted by Gasteiger charge is -2.10. The molecule has 8 heteroatoms. The van der Waals surface area contributed by atoms with E-state index >= 15 is 0 Å². The van der Waals surface area contributed by atoms with Gasteiger partial charge in [0.25, 0.3) is 5.78 Å². The van der Waals surface area contributed by atoms with Crippen molar-refractivity contribution in [1.82, 2.24) is 24.6 Å². The highest BCUT2D eigenvalue weighted by atomic mass is 16.7. The average molecular weight is 249 g/mol. The van der Waals surface area contributed by atoms with Crippen molar-refractivity contribution in [3.63, 3.8) is 0 Å². The molecule has 1 aliphatic rings. The minimum Gasteiger partial charge on any atom is -0.389 e. The number of fused-ring (bicyclic) bond motifs is 1. The van der Waals surface area contributed by atoms with Gasteiger partial charge in [0.05, 0.1) is 6.54 Å². The largest absolute Gasteiger partial charge is 0.389 e. The second kappa shape index (κ2) is 4.00. The van der Waals surface area contributed by atoms with Crippen LogP contribution in [0.2, 0.25) is 0 Å². The van der Waals surface area contributed by atoms with Crippen LogP contribution in [0.25, 0.3) is 5.78 Å². The fraction of sp³-hybridized carbons (Fsp3) is 0.400. The molecule has 1 aliphatic heterocycles. The van der Waals surface area contributed by atoms with Crippen molar-refractivity contribution >= 4 is 11.7 Å². The van der Waals surface area contributed by atoms with Gasteiger partial charge in [-0.05, 0) is 13.0 Å². The lowest BCUT2D eigenvalue weighted by Crippen LogP contribution is -2.29. The standard InChI is InChI=1S/C10H11N5O3/c1-6-2-3-11-10-12-8(13-15(6)10)9(17)14-4-7(16)5-18-14/h2-3,7,16H,4-5H2,1H3/t7-/m0/s1. The number of nitrogens with zero attached hydrogens (tertiary/aromatic N) is 5. The summed E-state index contributed by atoms with van der Waals surface area (Å²) in [4.78, 5) is 25.1. The van der Waals surface area contributed by atoms with E-state index in [0.29, 0.717) is 5.78 Å². The SMILES string of the molecule is Cc1ccnc2nc(C(=O)N3C[C@H](O)CO3)nn12. The molecule has 0 unspecified atom stereocenters. The van der Waals surface area contributed by atoms with Crippen molar-refractivity contribution < 1.29 is 14.7 Å². The number of hydroxylamine groups is 2.